The number of halogens is 3. The van der Waals surface area contributed by atoms with E-state index in [1.54, 1.807) is 18.2 Å². The number of hydrogen-bond acceptors (Lipinski definition) is 3. The molecule has 0 aliphatic carbocycles. The summed E-state index contributed by atoms with van der Waals surface area (Å²) in [4.78, 5) is 0. The van der Waals surface area contributed by atoms with Crippen LogP contribution in [0.25, 0.3) is 12.2 Å². The molecule has 0 unspecified atom stereocenters. The molecule has 2 aromatic carbocycles. The maximum absolute atomic E-state index is 13.0. The highest BCUT2D eigenvalue weighted by molar-refractivity contribution is 9.10. The van der Waals surface area contributed by atoms with Gasteiger partial charge in [-0.3, -0.25) is 0 Å². The molecule has 23 heavy (non-hydrogen) atoms. The summed E-state index contributed by atoms with van der Waals surface area (Å²) in [5.41, 5.74) is 1.74. The summed E-state index contributed by atoms with van der Waals surface area (Å²) in [6.45, 7) is 0. The van der Waals surface area contributed by atoms with E-state index in [2.05, 4.69) is 26.1 Å². The van der Waals surface area contributed by atoms with Crippen molar-refractivity contribution in [3.63, 3.8) is 0 Å². The van der Waals surface area contributed by atoms with Gasteiger partial charge in [-0.25, -0.2) is 4.39 Å². The van der Waals surface area contributed by atoms with Crippen molar-refractivity contribution < 1.29 is 8.81 Å². The molecule has 0 atom stereocenters. The Morgan fingerprint density at radius 2 is 1.96 bits per heavy atom. The van der Waals surface area contributed by atoms with Gasteiger partial charge in [0.25, 0.3) is 0 Å². The van der Waals surface area contributed by atoms with Gasteiger partial charge in [0.2, 0.25) is 11.8 Å². The summed E-state index contributed by atoms with van der Waals surface area (Å²) in [5.74, 6) is 0.509. The van der Waals surface area contributed by atoms with Crippen LogP contribution in [-0.2, 0) is 6.42 Å². The van der Waals surface area contributed by atoms with Gasteiger partial charge in [0.1, 0.15) is 5.82 Å². The van der Waals surface area contributed by atoms with Crippen LogP contribution < -0.4 is 0 Å². The van der Waals surface area contributed by atoms with Crippen molar-refractivity contribution in [3.05, 3.63) is 80.7 Å². The van der Waals surface area contributed by atoms with Crippen LogP contribution in [0.1, 0.15) is 22.9 Å². The minimum atomic E-state index is -0.374. The normalized spacial score (nSPS) is 11.3. The average molecular weight is 394 g/mol. The Balaban J connectivity index is 1.74. The second-order valence-corrected chi connectivity index (χ2v) is 6.06. The molecule has 0 aliphatic heterocycles. The Morgan fingerprint density at radius 3 is 2.74 bits per heavy atom. The summed E-state index contributed by atoms with van der Waals surface area (Å²) in [6, 6.07) is 12.0. The van der Waals surface area contributed by atoms with E-state index in [1.165, 1.54) is 12.1 Å². The van der Waals surface area contributed by atoms with Crippen molar-refractivity contribution >= 4 is 39.7 Å². The monoisotopic (exact) mass is 392 g/mol. The van der Waals surface area contributed by atoms with Gasteiger partial charge in [0.05, 0.1) is 11.4 Å². The van der Waals surface area contributed by atoms with Crippen molar-refractivity contribution in [1.82, 2.24) is 10.2 Å². The van der Waals surface area contributed by atoms with E-state index in [4.69, 9.17) is 16.0 Å². The third-order valence-corrected chi connectivity index (χ3v) is 4.25. The van der Waals surface area contributed by atoms with Crippen LogP contribution in [0.3, 0.4) is 0 Å². The lowest BCUT2D eigenvalue weighted by Gasteiger charge is -1.99. The molecule has 116 valence electrons. The topological polar surface area (TPSA) is 38.9 Å². The average Bonchev–Trinajstić information content (AvgIpc) is 2.96. The quantitative estimate of drug-likeness (QED) is 0.597. The lowest BCUT2D eigenvalue weighted by Crippen LogP contribution is -1.89. The highest BCUT2D eigenvalue weighted by atomic mass is 79.9. The summed E-state index contributed by atoms with van der Waals surface area (Å²) < 4.78 is 19.6. The maximum atomic E-state index is 13.0. The third kappa shape index (κ3) is 4.06. The molecule has 3 nitrogen and oxygen atoms in total. The minimum Gasteiger partial charge on any atom is -0.421 e. The molecule has 0 spiro atoms. The SMILES string of the molecule is Fc1ccc(/C=C/c2nnc(Cc3ccccc3Br)o2)c(Cl)c1. The van der Waals surface area contributed by atoms with E-state index in [0.29, 0.717) is 28.8 Å². The molecule has 0 bridgehead atoms. The zero-order valence-electron chi connectivity index (χ0n) is 11.8. The molecule has 0 saturated heterocycles. The lowest BCUT2D eigenvalue weighted by atomic mass is 10.1. The summed E-state index contributed by atoms with van der Waals surface area (Å²) in [5, 5.41) is 8.32. The first-order chi connectivity index (χ1) is 11.1. The van der Waals surface area contributed by atoms with Gasteiger partial charge >= 0.3 is 0 Å². The summed E-state index contributed by atoms with van der Waals surface area (Å²) in [6.07, 6.45) is 3.90. The molecule has 3 rings (SSSR count). The van der Waals surface area contributed by atoms with Crippen LogP contribution in [0.4, 0.5) is 4.39 Å². The Morgan fingerprint density at radius 1 is 1.13 bits per heavy atom. The first kappa shape index (κ1) is 15.9. The molecule has 3 aromatic rings. The number of nitrogens with zero attached hydrogens (tertiary/aromatic N) is 2. The van der Waals surface area contributed by atoms with E-state index in [1.807, 2.05) is 24.3 Å². The van der Waals surface area contributed by atoms with E-state index in [-0.39, 0.29) is 5.82 Å². The standard InChI is InChI=1S/C17H11BrClFN2O/c18-14-4-2-1-3-12(14)9-17-22-21-16(23-17)8-6-11-5-7-13(20)10-15(11)19/h1-8,10H,9H2/b8-6+. The zero-order valence-corrected chi connectivity index (χ0v) is 14.2. The first-order valence-corrected chi connectivity index (χ1v) is 7.98. The number of aromatic nitrogens is 2. The molecule has 0 fully saturated rings. The van der Waals surface area contributed by atoms with E-state index < -0.39 is 0 Å². The molecular weight excluding hydrogens is 383 g/mol. The third-order valence-electron chi connectivity index (χ3n) is 3.15. The second-order valence-electron chi connectivity index (χ2n) is 4.80. The number of hydrogen-bond donors (Lipinski definition) is 0. The van der Waals surface area contributed by atoms with Gasteiger partial charge in [0.15, 0.2) is 0 Å². The highest BCUT2D eigenvalue weighted by Gasteiger charge is 2.07. The molecular formula is C17H11BrClFN2O. The first-order valence-electron chi connectivity index (χ1n) is 6.81. The Kier molecular flexibility index (Phi) is 4.88. The van der Waals surface area contributed by atoms with Gasteiger partial charge in [-0.15, -0.1) is 10.2 Å². The highest BCUT2D eigenvalue weighted by Crippen LogP contribution is 2.21. The van der Waals surface area contributed by atoms with Crippen LogP contribution in [0.2, 0.25) is 5.02 Å². The van der Waals surface area contributed by atoms with Crippen LogP contribution in [0, 0.1) is 5.82 Å². The van der Waals surface area contributed by atoms with Crippen LogP contribution in [0.15, 0.2) is 51.4 Å². The largest absolute Gasteiger partial charge is 0.421 e. The van der Waals surface area contributed by atoms with Gasteiger partial charge in [0, 0.05) is 10.5 Å². The van der Waals surface area contributed by atoms with E-state index >= 15 is 0 Å². The Bertz CT molecular complexity index is 863. The number of benzene rings is 2. The van der Waals surface area contributed by atoms with Crippen LogP contribution in [-0.4, -0.2) is 10.2 Å². The van der Waals surface area contributed by atoms with E-state index in [9.17, 15) is 4.39 Å². The molecule has 6 heteroatoms. The second kappa shape index (κ2) is 7.06. The molecule has 0 aliphatic rings. The fraction of sp³-hybridized carbons (Fsp3) is 0.0588. The van der Waals surface area contributed by atoms with Crippen molar-refractivity contribution in [3.8, 4) is 0 Å². The van der Waals surface area contributed by atoms with E-state index in [0.717, 1.165) is 10.0 Å². The molecule has 1 aromatic heterocycles. The van der Waals surface area contributed by atoms with Crippen molar-refractivity contribution in [2.75, 3.05) is 0 Å². The molecule has 0 radical (unpaired) electrons. The minimum absolute atomic E-state index is 0.328. The summed E-state index contributed by atoms with van der Waals surface area (Å²) >= 11 is 9.45. The summed E-state index contributed by atoms with van der Waals surface area (Å²) in [7, 11) is 0. The zero-order chi connectivity index (χ0) is 16.2. The number of rotatable bonds is 4. The fourth-order valence-electron chi connectivity index (χ4n) is 2.01. The van der Waals surface area contributed by atoms with Crippen LogP contribution in [0.5, 0.6) is 0 Å². The van der Waals surface area contributed by atoms with Gasteiger partial charge in [-0.2, -0.15) is 0 Å². The molecule has 0 amide bonds. The molecule has 0 N–H and O–H groups in total. The van der Waals surface area contributed by atoms with Gasteiger partial charge in [-0.05, 0) is 35.4 Å². The van der Waals surface area contributed by atoms with Crippen molar-refractivity contribution in [1.29, 1.82) is 0 Å². The Hall–Kier alpha value is -1.98. The van der Waals surface area contributed by atoms with Gasteiger partial charge in [-0.1, -0.05) is 51.8 Å². The van der Waals surface area contributed by atoms with Crippen molar-refractivity contribution in [2.24, 2.45) is 0 Å². The lowest BCUT2D eigenvalue weighted by molar-refractivity contribution is 0.496. The van der Waals surface area contributed by atoms with Crippen molar-refractivity contribution in [2.45, 2.75) is 6.42 Å². The molecule has 0 saturated carbocycles. The predicted octanol–water partition coefficient (Wildman–Crippen LogP) is 5.39. The van der Waals surface area contributed by atoms with Crippen LogP contribution >= 0.6 is 27.5 Å². The van der Waals surface area contributed by atoms with Gasteiger partial charge < -0.3 is 4.42 Å². The Labute approximate surface area is 145 Å². The molecule has 1 heterocycles. The predicted molar refractivity (Wildman–Crippen MR) is 91.6 cm³/mol. The smallest absolute Gasteiger partial charge is 0.240 e. The fourth-order valence-corrected chi connectivity index (χ4v) is 2.66. The maximum Gasteiger partial charge on any atom is 0.240 e.